The zero-order valence-corrected chi connectivity index (χ0v) is 37.4. The van der Waals surface area contributed by atoms with Crippen LogP contribution in [0.25, 0.3) is 6.08 Å². The van der Waals surface area contributed by atoms with E-state index in [-0.39, 0.29) is 48.7 Å². The van der Waals surface area contributed by atoms with Crippen LogP contribution >= 0.6 is 11.9 Å². The summed E-state index contributed by atoms with van der Waals surface area (Å²) in [6.07, 6.45) is 11.3. The van der Waals surface area contributed by atoms with Gasteiger partial charge in [-0.25, -0.2) is 9.37 Å². The van der Waals surface area contributed by atoms with E-state index in [4.69, 9.17) is 4.98 Å². The minimum atomic E-state index is -1.14. The quantitative estimate of drug-likeness (QED) is 0.141. The van der Waals surface area contributed by atoms with Crippen molar-refractivity contribution in [1.82, 2.24) is 34.3 Å². The maximum absolute atomic E-state index is 15.5. The molecule has 18 heteroatoms. The second-order valence-electron chi connectivity index (χ2n) is 16.9. The second kappa shape index (κ2) is 21.4. The molecule has 336 valence electrons. The molecule has 62 heavy (non-hydrogen) atoms. The van der Waals surface area contributed by atoms with Crippen molar-refractivity contribution < 1.29 is 33.2 Å². The van der Waals surface area contributed by atoms with Gasteiger partial charge in [-0.15, -0.1) is 0 Å². The van der Waals surface area contributed by atoms with Crippen molar-refractivity contribution in [2.24, 2.45) is 5.92 Å². The molecule has 1 aromatic carbocycles. The van der Waals surface area contributed by atoms with Crippen molar-refractivity contribution in [2.45, 2.75) is 103 Å². The van der Waals surface area contributed by atoms with Crippen molar-refractivity contribution >= 4 is 71.9 Å². The molecule has 1 unspecified atom stereocenters. The Kier molecular flexibility index (Phi) is 16.1. The predicted octanol–water partition coefficient (Wildman–Crippen LogP) is 4.10. The summed E-state index contributed by atoms with van der Waals surface area (Å²) in [5.74, 6) is -1.10. The van der Waals surface area contributed by atoms with Crippen molar-refractivity contribution in [1.29, 1.82) is 0 Å². The molecule has 4 aliphatic heterocycles. The molecule has 4 fully saturated rings. The summed E-state index contributed by atoms with van der Waals surface area (Å²) in [4.78, 5) is 92.6. The Labute approximate surface area is 368 Å². The smallest absolute Gasteiger partial charge is 0.261 e. The summed E-state index contributed by atoms with van der Waals surface area (Å²) >= 11 is 1.91. The second-order valence-corrected chi connectivity index (χ2v) is 18.3. The molecule has 0 saturated carbocycles. The number of anilines is 3. The number of rotatable bonds is 16. The highest BCUT2D eigenvalue weighted by Gasteiger charge is 2.36. The normalized spacial score (nSPS) is 20.3. The van der Waals surface area contributed by atoms with E-state index >= 15 is 4.39 Å². The predicted molar refractivity (Wildman–Crippen MR) is 238 cm³/mol. The zero-order valence-electron chi connectivity index (χ0n) is 36.6. The Morgan fingerprint density at radius 3 is 2.32 bits per heavy atom. The fourth-order valence-electron chi connectivity index (χ4n) is 8.87. The standard InChI is InChI=1S/C44H61FN10O6S/c1-6-8-31-25-46-44(49-41(31)54(27-56)36(7-2)29(3)4)47-32-11-17-53(18-12-32)62-33-13-15-52(16-14-33)40(59)26-50-19-21-51(22-20-50)38-23-30(5)34(24-35(38)45)43(61)55(28-57)37-9-10-39(58)48-42(37)60/h6,8,23-25,27-29,32-33,36-37H,7,9-22,26H2,1-5H3,(H,46,47,49)(H,48,58,60)/b8-6-/t36-,37?/m1/s1. The van der Waals surface area contributed by atoms with Crippen LogP contribution in [0, 0.1) is 18.7 Å². The summed E-state index contributed by atoms with van der Waals surface area (Å²) < 4.78 is 18.0. The first-order valence-corrected chi connectivity index (χ1v) is 22.8. The van der Waals surface area contributed by atoms with Gasteiger partial charge in [0.25, 0.3) is 5.91 Å². The van der Waals surface area contributed by atoms with Gasteiger partial charge in [0.05, 0.1) is 12.2 Å². The van der Waals surface area contributed by atoms with E-state index in [2.05, 4.69) is 45.6 Å². The van der Waals surface area contributed by atoms with Crippen LogP contribution in [0.1, 0.15) is 94.1 Å². The molecular weight excluding hydrogens is 816 g/mol. The van der Waals surface area contributed by atoms with E-state index in [1.165, 1.54) is 0 Å². The van der Waals surface area contributed by atoms with E-state index in [9.17, 15) is 28.8 Å². The van der Waals surface area contributed by atoms with Crippen LogP contribution in [0.15, 0.2) is 24.4 Å². The third-order valence-electron chi connectivity index (χ3n) is 12.4. The van der Waals surface area contributed by atoms with Crippen LogP contribution in [0.3, 0.4) is 0 Å². The summed E-state index contributed by atoms with van der Waals surface area (Å²) in [5.41, 5.74) is 1.56. The number of nitrogens with one attached hydrogen (secondary N) is 2. The number of aromatic nitrogens is 2. The number of aryl methyl sites for hydroxylation is 1. The molecule has 0 aliphatic carbocycles. The number of carbonyl (C=O) groups is 6. The van der Waals surface area contributed by atoms with Crippen LogP contribution in [-0.4, -0.2) is 148 Å². The van der Waals surface area contributed by atoms with Crippen molar-refractivity contribution in [3.63, 3.8) is 0 Å². The summed E-state index contributed by atoms with van der Waals surface area (Å²) in [5, 5.41) is 6.12. The Bertz CT molecular complexity index is 1980. The Hall–Kier alpha value is -4.94. The van der Waals surface area contributed by atoms with Gasteiger partial charge in [-0.1, -0.05) is 44.9 Å². The van der Waals surface area contributed by atoms with E-state index in [1.54, 1.807) is 24.1 Å². The first-order chi connectivity index (χ1) is 29.8. The van der Waals surface area contributed by atoms with Gasteiger partial charge in [-0.2, -0.15) is 4.98 Å². The molecule has 6 amide bonds. The summed E-state index contributed by atoms with van der Waals surface area (Å²) in [7, 11) is 0. The molecule has 2 aromatic rings. The lowest BCUT2D eigenvalue weighted by Crippen LogP contribution is -2.54. The molecular formula is C44H61FN10O6S. The number of halogens is 1. The number of nitrogens with zero attached hydrogens (tertiary/aromatic N) is 8. The molecule has 0 bridgehead atoms. The molecule has 1 aromatic heterocycles. The maximum Gasteiger partial charge on any atom is 0.261 e. The summed E-state index contributed by atoms with van der Waals surface area (Å²) in [6.45, 7) is 15.6. The fourth-order valence-corrected chi connectivity index (χ4v) is 10.1. The number of piperazine rings is 1. The van der Waals surface area contributed by atoms with Crippen LogP contribution in [0.5, 0.6) is 0 Å². The van der Waals surface area contributed by atoms with Crippen LogP contribution in [0.2, 0.25) is 0 Å². The first-order valence-electron chi connectivity index (χ1n) is 21.9. The van der Waals surface area contributed by atoms with Gasteiger partial charge < -0.3 is 15.1 Å². The fraction of sp³-hybridized carbons (Fsp3) is 0.591. The number of carbonyl (C=O) groups excluding carboxylic acids is 6. The number of imide groups is 2. The lowest BCUT2D eigenvalue weighted by atomic mass is 10.00. The monoisotopic (exact) mass is 876 g/mol. The number of benzene rings is 1. The molecule has 6 rings (SSSR count). The number of allylic oxidation sites excluding steroid dienone is 1. The van der Waals surface area contributed by atoms with Crippen LogP contribution in [0.4, 0.5) is 21.8 Å². The number of hydrogen-bond acceptors (Lipinski definition) is 13. The van der Waals surface area contributed by atoms with Gasteiger partial charge in [0, 0.05) is 93.4 Å². The van der Waals surface area contributed by atoms with Crippen molar-refractivity contribution in [3.05, 3.63) is 46.9 Å². The van der Waals surface area contributed by atoms with Gasteiger partial charge in [-0.05, 0) is 76.0 Å². The highest BCUT2D eigenvalue weighted by molar-refractivity contribution is 7.97. The largest absolute Gasteiger partial charge is 0.367 e. The number of hydrogen-bond donors (Lipinski definition) is 2. The topological polar surface area (TPSA) is 172 Å². The van der Waals surface area contributed by atoms with E-state index < -0.39 is 29.6 Å². The lowest BCUT2D eigenvalue weighted by molar-refractivity contribution is -0.139. The molecule has 4 aliphatic rings. The van der Waals surface area contributed by atoms with E-state index in [0.29, 0.717) is 74.1 Å². The molecule has 2 atom stereocenters. The number of piperidine rings is 3. The van der Waals surface area contributed by atoms with Gasteiger partial charge in [0.2, 0.25) is 36.5 Å². The number of likely N-dealkylation sites (tertiary alicyclic amines) is 1. The SMILES string of the molecule is C/C=C\c1cnc(NC2CCN(SC3CCN(C(=O)CN4CCN(c5cc(C)c(C(=O)N(C=O)C6CCC(=O)NC6=O)cc5F)CC4)CC3)CC2)nc1N(C=O)[C@H](CC)C(C)C. The molecule has 0 spiro atoms. The highest BCUT2D eigenvalue weighted by atomic mass is 32.2. The van der Waals surface area contributed by atoms with E-state index in [1.807, 2.05) is 40.8 Å². The average molecular weight is 877 g/mol. The van der Waals surface area contributed by atoms with Gasteiger partial charge in [0.15, 0.2) is 0 Å². The van der Waals surface area contributed by atoms with Crippen molar-refractivity contribution in [2.75, 3.05) is 74.0 Å². The van der Waals surface area contributed by atoms with Crippen LogP contribution < -0.4 is 20.4 Å². The van der Waals surface area contributed by atoms with Gasteiger partial charge in [0.1, 0.15) is 17.7 Å². The molecule has 0 radical (unpaired) electrons. The Morgan fingerprint density at radius 1 is 1.00 bits per heavy atom. The third-order valence-corrected chi connectivity index (χ3v) is 13.8. The number of amides is 6. The van der Waals surface area contributed by atoms with Crippen molar-refractivity contribution in [3.8, 4) is 0 Å². The molecule has 16 nitrogen and oxygen atoms in total. The van der Waals surface area contributed by atoms with Crippen LogP contribution in [-0.2, 0) is 24.0 Å². The third kappa shape index (κ3) is 11.2. The molecule has 4 saturated heterocycles. The Morgan fingerprint density at radius 2 is 1.71 bits per heavy atom. The zero-order chi connectivity index (χ0) is 44.5. The maximum atomic E-state index is 15.5. The highest BCUT2D eigenvalue weighted by Crippen LogP contribution is 2.32. The first kappa shape index (κ1) is 46.6. The van der Waals surface area contributed by atoms with Gasteiger partial charge in [-0.3, -0.25) is 53.1 Å². The molecule has 5 heterocycles. The van der Waals surface area contributed by atoms with Gasteiger partial charge >= 0.3 is 0 Å². The summed E-state index contributed by atoms with van der Waals surface area (Å²) in [6, 6.07) is 1.79. The average Bonchev–Trinajstić information content (AvgIpc) is 3.26. The Balaban J connectivity index is 0.921. The minimum absolute atomic E-state index is 0.00793. The van der Waals surface area contributed by atoms with E-state index in [0.717, 1.165) is 68.1 Å². The minimum Gasteiger partial charge on any atom is -0.367 e. The molecule has 2 N–H and O–H groups in total. The lowest BCUT2D eigenvalue weighted by Gasteiger charge is -2.39.